The fraction of sp³-hybridized carbons (Fsp3) is 1.00. The molecule has 2 N–H and O–H groups in total. The summed E-state index contributed by atoms with van der Waals surface area (Å²) in [5, 5.41) is -0.340. The highest BCUT2D eigenvalue weighted by atomic mass is 32.2. The van der Waals surface area contributed by atoms with Crippen LogP contribution in [0.1, 0.15) is 38.5 Å². The van der Waals surface area contributed by atoms with Crippen molar-refractivity contribution in [2.75, 3.05) is 30.9 Å². The van der Waals surface area contributed by atoms with Gasteiger partial charge in [0.1, 0.15) is 5.37 Å². The van der Waals surface area contributed by atoms with Crippen LogP contribution in [0.4, 0.5) is 0 Å². The Morgan fingerprint density at radius 2 is 1.89 bits per heavy atom. The average molecular weight is 306 g/mol. The van der Waals surface area contributed by atoms with E-state index in [0.717, 1.165) is 25.1 Å². The van der Waals surface area contributed by atoms with Crippen LogP contribution in [0.15, 0.2) is 0 Å². The Morgan fingerprint density at radius 3 is 2.42 bits per heavy atom. The lowest BCUT2D eigenvalue weighted by Gasteiger charge is -2.48. The maximum atomic E-state index is 12.1. The second-order valence-electron chi connectivity index (χ2n) is 5.90. The van der Waals surface area contributed by atoms with Crippen molar-refractivity contribution in [3.8, 4) is 0 Å². The van der Waals surface area contributed by atoms with Crippen LogP contribution in [0.5, 0.6) is 0 Å². The number of thioether (sulfide) groups is 1. The Hall–Kier alpha value is 0.220. The molecule has 0 aromatic rings. The Balaban J connectivity index is 2.27. The van der Waals surface area contributed by atoms with Crippen molar-refractivity contribution in [3.63, 3.8) is 0 Å². The second-order valence-corrected chi connectivity index (χ2v) is 9.25. The molecule has 1 unspecified atom stereocenters. The van der Waals surface area contributed by atoms with Crippen LogP contribution >= 0.6 is 11.8 Å². The van der Waals surface area contributed by atoms with Crippen molar-refractivity contribution in [2.24, 2.45) is 5.73 Å². The van der Waals surface area contributed by atoms with Crippen molar-refractivity contribution in [1.29, 1.82) is 0 Å². The first-order valence-electron chi connectivity index (χ1n) is 7.23. The van der Waals surface area contributed by atoms with Crippen LogP contribution in [-0.4, -0.2) is 55.1 Å². The van der Waals surface area contributed by atoms with E-state index in [1.807, 2.05) is 0 Å². The second kappa shape index (κ2) is 6.33. The molecule has 112 valence electrons. The van der Waals surface area contributed by atoms with Gasteiger partial charge in [0, 0.05) is 36.4 Å². The Labute approximate surface area is 121 Å². The molecule has 0 aromatic heterocycles. The SMILES string of the molecule is CS(=O)(=O)C1CSCCN1C1(CN)CCCCCC1. The molecule has 1 aliphatic carbocycles. The minimum atomic E-state index is -3.03. The van der Waals surface area contributed by atoms with Crippen LogP contribution in [0, 0.1) is 0 Å². The van der Waals surface area contributed by atoms with Gasteiger partial charge in [-0.15, -0.1) is 0 Å². The molecule has 0 spiro atoms. The summed E-state index contributed by atoms with van der Waals surface area (Å²) in [7, 11) is -3.03. The van der Waals surface area contributed by atoms with Crippen molar-refractivity contribution in [1.82, 2.24) is 4.90 Å². The van der Waals surface area contributed by atoms with Gasteiger partial charge in [-0.25, -0.2) is 8.42 Å². The lowest BCUT2D eigenvalue weighted by Crippen LogP contribution is -2.62. The summed E-state index contributed by atoms with van der Waals surface area (Å²) < 4.78 is 24.2. The zero-order valence-corrected chi connectivity index (χ0v) is 13.4. The number of hydrogen-bond acceptors (Lipinski definition) is 5. The Kier molecular flexibility index (Phi) is 5.20. The molecule has 1 heterocycles. The van der Waals surface area contributed by atoms with Crippen LogP contribution in [0.3, 0.4) is 0 Å². The summed E-state index contributed by atoms with van der Waals surface area (Å²) in [6, 6.07) is 0. The molecular formula is C13H26N2O2S2. The molecule has 4 nitrogen and oxygen atoms in total. The number of nitrogens with two attached hydrogens (primary N) is 1. The van der Waals surface area contributed by atoms with Gasteiger partial charge in [0.15, 0.2) is 9.84 Å². The van der Waals surface area contributed by atoms with E-state index in [9.17, 15) is 8.42 Å². The van der Waals surface area contributed by atoms with Crippen molar-refractivity contribution in [3.05, 3.63) is 0 Å². The summed E-state index contributed by atoms with van der Waals surface area (Å²) in [4.78, 5) is 2.24. The molecule has 0 bridgehead atoms. The zero-order valence-electron chi connectivity index (χ0n) is 11.8. The third-order valence-corrected chi connectivity index (χ3v) is 7.25. The Morgan fingerprint density at radius 1 is 1.26 bits per heavy atom. The van der Waals surface area contributed by atoms with Crippen LogP contribution in [0.2, 0.25) is 0 Å². The molecule has 2 aliphatic rings. The number of nitrogens with zero attached hydrogens (tertiary/aromatic N) is 1. The van der Waals surface area contributed by atoms with Crippen LogP contribution in [-0.2, 0) is 9.84 Å². The minimum Gasteiger partial charge on any atom is -0.329 e. The largest absolute Gasteiger partial charge is 0.329 e. The topological polar surface area (TPSA) is 63.4 Å². The number of hydrogen-bond donors (Lipinski definition) is 1. The normalized spacial score (nSPS) is 29.9. The van der Waals surface area contributed by atoms with Crippen LogP contribution in [0.25, 0.3) is 0 Å². The first-order chi connectivity index (χ1) is 8.99. The van der Waals surface area contributed by atoms with Gasteiger partial charge in [-0.2, -0.15) is 11.8 Å². The van der Waals surface area contributed by atoms with E-state index >= 15 is 0 Å². The lowest BCUT2D eigenvalue weighted by atomic mass is 9.88. The number of sulfone groups is 1. The fourth-order valence-electron chi connectivity index (χ4n) is 3.47. The number of rotatable bonds is 3. The smallest absolute Gasteiger partial charge is 0.164 e. The first-order valence-corrected chi connectivity index (χ1v) is 10.3. The van der Waals surface area contributed by atoms with E-state index in [-0.39, 0.29) is 10.9 Å². The summed E-state index contributed by atoms with van der Waals surface area (Å²) in [5.41, 5.74) is 6.02. The fourth-order valence-corrected chi connectivity index (χ4v) is 6.42. The van der Waals surface area contributed by atoms with Crippen molar-refractivity contribution >= 4 is 21.6 Å². The third kappa shape index (κ3) is 3.46. The predicted molar refractivity (Wildman–Crippen MR) is 82.2 cm³/mol. The predicted octanol–water partition coefficient (Wildman–Crippen LogP) is 1.46. The molecule has 1 saturated heterocycles. The molecule has 0 aromatic carbocycles. The van der Waals surface area contributed by atoms with E-state index in [4.69, 9.17) is 5.73 Å². The van der Waals surface area contributed by atoms with Gasteiger partial charge in [0.05, 0.1) is 0 Å². The zero-order chi connectivity index (χ0) is 13.9. The molecule has 2 fully saturated rings. The molecular weight excluding hydrogens is 280 g/mol. The van der Waals surface area contributed by atoms with E-state index in [1.165, 1.54) is 31.9 Å². The highest BCUT2D eigenvalue weighted by molar-refractivity contribution is 8.00. The van der Waals surface area contributed by atoms with Gasteiger partial charge in [-0.05, 0) is 12.8 Å². The standard InChI is InChI=1S/C13H26N2O2S2/c1-19(16,17)12-10-18-9-8-15(12)13(11-14)6-4-2-3-5-7-13/h12H,2-11,14H2,1H3. The summed E-state index contributed by atoms with van der Waals surface area (Å²) >= 11 is 1.75. The van der Waals surface area contributed by atoms with Gasteiger partial charge in [-0.3, -0.25) is 4.90 Å². The van der Waals surface area contributed by atoms with E-state index < -0.39 is 9.84 Å². The van der Waals surface area contributed by atoms with Gasteiger partial charge in [0.25, 0.3) is 0 Å². The summed E-state index contributed by atoms with van der Waals surface area (Å²) in [5.74, 6) is 1.72. The average Bonchev–Trinajstić information content (AvgIpc) is 2.64. The van der Waals surface area contributed by atoms with E-state index in [0.29, 0.717) is 12.3 Å². The van der Waals surface area contributed by atoms with Crippen molar-refractivity contribution in [2.45, 2.75) is 49.4 Å². The van der Waals surface area contributed by atoms with Gasteiger partial charge in [-0.1, -0.05) is 25.7 Å². The molecule has 0 amide bonds. The van der Waals surface area contributed by atoms with Crippen LogP contribution < -0.4 is 5.73 Å². The van der Waals surface area contributed by atoms with Crippen molar-refractivity contribution < 1.29 is 8.42 Å². The van der Waals surface area contributed by atoms with Gasteiger partial charge < -0.3 is 5.73 Å². The molecule has 6 heteroatoms. The third-order valence-electron chi connectivity index (χ3n) is 4.60. The van der Waals surface area contributed by atoms with E-state index in [2.05, 4.69) is 4.90 Å². The highest BCUT2D eigenvalue weighted by Crippen LogP contribution is 2.36. The van der Waals surface area contributed by atoms with E-state index in [1.54, 1.807) is 11.8 Å². The molecule has 0 radical (unpaired) electrons. The first kappa shape index (κ1) is 15.6. The highest BCUT2D eigenvalue weighted by Gasteiger charge is 2.44. The Bertz CT molecular complexity index is 389. The lowest BCUT2D eigenvalue weighted by molar-refractivity contribution is 0.0739. The minimum absolute atomic E-state index is 0.0781. The maximum Gasteiger partial charge on any atom is 0.164 e. The van der Waals surface area contributed by atoms with Gasteiger partial charge in [0.2, 0.25) is 0 Å². The molecule has 2 rings (SSSR count). The quantitative estimate of drug-likeness (QED) is 0.800. The molecule has 1 aliphatic heterocycles. The molecule has 1 atom stereocenters. The monoisotopic (exact) mass is 306 g/mol. The maximum absolute atomic E-state index is 12.1. The molecule has 19 heavy (non-hydrogen) atoms. The van der Waals surface area contributed by atoms with Gasteiger partial charge >= 0.3 is 0 Å². The summed E-state index contributed by atoms with van der Waals surface area (Å²) in [6.45, 7) is 1.45. The molecule has 1 saturated carbocycles. The summed E-state index contributed by atoms with van der Waals surface area (Å²) in [6.07, 6.45) is 8.36.